The van der Waals surface area contributed by atoms with Crippen LogP contribution in [0, 0.1) is 0 Å². The van der Waals surface area contributed by atoms with Crippen LogP contribution in [0.25, 0.3) is 0 Å². The molecule has 1 aromatic heterocycles. The summed E-state index contributed by atoms with van der Waals surface area (Å²) in [5, 5.41) is 21.8. The van der Waals surface area contributed by atoms with Crippen LogP contribution in [0.3, 0.4) is 0 Å². The lowest BCUT2D eigenvalue weighted by atomic mass is 10.2. The number of amides is 1. The Labute approximate surface area is 115 Å². The Morgan fingerprint density at radius 1 is 1.37 bits per heavy atom. The molecule has 2 aromatic rings. The molecule has 2 rings (SSSR count). The van der Waals surface area contributed by atoms with Crippen molar-refractivity contribution in [1.29, 1.82) is 0 Å². The maximum atomic E-state index is 11.7. The van der Waals surface area contributed by atoms with Crippen molar-refractivity contribution in [1.82, 2.24) is 20.2 Å². The van der Waals surface area contributed by atoms with Gasteiger partial charge in [-0.15, -0.1) is 5.10 Å². The Bertz CT molecular complexity index is 614. The fourth-order valence-corrected chi connectivity index (χ4v) is 1.88. The monoisotopic (exact) mass is 325 g/mol. The molecule has 0 saturated heterocycles. The first kappa shape index (κ1) is 13.1. The molecule has 1 amide bonds. The van der Waals surface area contributed by atoms with Gasteiger partial charge in [0.1, 0.15) is 12.9 Å². The second-order valence-electron chi connectivity index (χ2n) is 3.59. The fraction of sp³-hybridized carbons (Fsp3) is 0.100. The smallest absolute Gasteiger partial charge is 0.335 e. The van der Waals surface area contributed by atoms with E-state index in [1.165, 1.54) is 23.1 Å². The van der Waals surface area contributed by atoms with Gasteiger partial charge in [-0.25, -0.2) is 9.48 Å². The molecule has 0 saturated carbocycles. The number of nitrogens with one attached hydrogen (secondary N) is 1. The molecule has 0 atom stereocenters. The van der Waals surface area contributed by atoms with Crippen LogP contribution in [-0.2, 0) is 11.3 Å². The number of carbonyl (C=O) groups is 2. The zero-order valence-corrected chi connectivity index (χ0v) is 11.0. The highest BCUT2D eigenvalue weighted by Gasteiger charge is 2.09. The van der Waals surface area contributed by atoms with Crippen LogP contribution in [-0.4, -0.2) is 37.2 Å². The minimum atomic E-state index is -1.07. The summed E-state index contributed by atoms with van der Waals surface area (Å²) in [6.45, 7) is -0.0537. The molecule has 0 fully saturated rings. The van der Waals surface area contributed by atoms with E-state index in [1.54, 1.807) is 6.07 Å². The second kappa shape index (κ2) is 5.57. The van der Waals surface area contributed by atoms with Crippen LogP contribution in [0.2, 0.25) is 0 Å². The Hall–Kier alpha value is -2.29. The summed E-state index contributed by atoms with van der Waals surface area (Å²) in [7, 11) is 0. The maximum absolute atomic E-state index is 11.7. The lowest BCUT2D eigenvalue weighted by Gasteiger charge is -2.06. The summed E-state index contributed by atoms with van der Waals surface area (Å²) in [5.41, 5.74) is 0.456. The number of hydrogen-bond acceptors (Lipinski definition) is 5. The van der Waals surface area contributed by atoms with Crippen LogP contribution >= 0.6 is 15.9 Å². The van der Waals surface area contributed by atoms with Gasteiger partial charge in [0.25, 0.3) is 0 Å². The number of hydrogen-bond donors (Lipinski definition) is 2. The topological polar surface area (TPSA) is 110 Å². The van der Waals surface area contributed by atoms with Crippen molar-refractivity contribution in [2.45, 2.75) is 6.54 Å². The third-order valence-electron chi connectivity index (χ3n) is 2.13. The number of halogens is 1. The molecule has 1 heterocycles. The van der Waals surface area contributed by atoms with Crippen molar-refractivity contribution in [2.75, 3.05) is 5.32 Å². The molecule has 9 heteroatoms. The number of rotatable bonds is 4. The molecule has 0 bridgehead atoms. The van der Waals surface area contributed by atoms with E-state index in [0.29, 0.717) is 10.2 Å². The SMILES string of the molecule is O=C(Cn1cnnn1)Nc1cc(Br)cc(C(=O)O)c1. The van der Waals surface area contributed by atoms with Crippen molar-refractivity contribution >= 4 is 33.5 Å². The van der Waals surface area contributed by atoms with Crippen LogP contribution < -0.4 is 5.32 Å². The van der Waals surface area contributed by atoms with E-state index in [4.69, 9.17) is 5.11 Å². The molecule has 0 aliphatic rings. The lowest BCUT2D eigenvalue weighted by molar-refractivity contribution is -0.116. The summed E-state index contributed by atoms with van der Waals surface area (Å²) in [5.74, 6) is -1.43. The van der Waals surface area contributed by atoms with Crippen LogP contribution in [0.5, 0.6) is 0 Å². The van der Waals surface area contributed by atoms with Gasteiger partial charge in [0.2, 0.25) is 5.91 Å². The number of aromatic carboxylic acids is 1. The maximum Gasteiger partial charge on any atom is 0.335 e. The van der Waals surface area contributed by atoms with Crippen LogP contribution in [0.15, 0.2) is 29.0 Å². The predicted octanol–water partition coefficient (Wildman–Crippen LogP) is 0.772. The Morgan fingerprint density at radius 3 is 2.79 bits per heavy atom. The minimum absolute atomic E-state index is 0.0537. The molecule has 0 aliphatic heterocycles. The summed E-state index contributed by atoms with van der Waals surface area (Å²) in [4.78, 5) is 22.6. The number of benzene rings is 1. The molecule has 8 nitrogen and oxygen atoms in total. The second-order valence-corrected chi connectivity index (χ2v) is 4.50. The Kier molecular flexibility index (Phi) is 3.85. The van der Waals surface area contributed by atoms with Gasteiger partial charge in [-0.05, 0) is 28.6 Å². The molecule has 1 aromatic carbocycles. The molecule has 0 aliphatic carbocycles. The van der Waals surface area contributed by atoms with E-state index in [9.17, 15) is 9.59 Å². The van der Waals surface area contributed by atoms with Crippen molar-refractivity contribution in [3.8, 4) is 0 Å². The highest BCUT2D eigenvalue weighted by molar-refractivity contribution is 9.10. The standard InChI is InChI=1S/C10H8BrN5O3/c11-7-1-6(10(18)19)2-8(3-7)13-9(17)4-16-5-12-14-15-16/h1-3,5H,4H2,(H,13,17)(H,18,19). The van der Waals surface area contributed by atoms with Gasteiger partial charge in [0.05, 0.1) is 5.56 Å². The zero-order valence-electron chi connectivity index (χ0n) is 9.45. The fourth-order valence-electron chi connectivity index (χ4n) is 1.39. The van der Waals surface area contributed by atoms with Gasteiger partial charge in [-0.3, -0.25) is 4.79 Å². The van der Waals surface area contributed by atoms with E-state index in [1.807, 2.05) is 0 Å². The molecule has 98 valence electrons. The van der Waals surface area contributed by atoms with E-state index >= 15 is 0 Å². The number of tetrazole rings is 1. The number of aromatic nitrogens is 4. The average molecular weight is 326 g/mol. The molecule has 2 N–H and O–H groups in total. The normalized spacial score (nSPS) is 10.2. The summed E-state index contributed by atoms with van der Waals surface area (Å²) in [6, 6.07) is 4.41. The van der Waals surface area contributed by atoms with E-state index in [2.05, 4.69) is 36.8 Å². The number of carbonyl (C=O) groups excluding carboxylic acids is 1. The third-order valence-corrected chi connectivity index (χ3v) is 2.58. The number of nitrogens with zero attached hydrogens (tertiary/aromatic N) is 4. The zero-order chi connectivity index (χ0) is 13.8. The number of carboxylic acid groups (broad SMARTS) is 1. The van der Waals surface area contributed by atoms with Gasteiger partial charge in [-0.2, -0.15) is 0 Å². The molecule has 0 radical (unpaired) electrons. The van der Waals surface area contributed by atoms with Crippen molar-refractivity contribution in [3.63, 3.8) is 0 Å². The van der Waals surface area contributed by atoms with Gasteiger partial charge >= 0.3 is 5.97 Å². The average Bonchev–Trinajstić information content (AvgIpc) is 2.80. The van der Waals surface area contributed by atoms with Gasteiger partial charge < -0.3 is 10.4 Å². The van der Waals surface area contributed by atoms with Gasteiger partial charge in [-0.1, -0.05) is 15.9 Å². The molecule has 19 heavy (non-hydrogen) atoms. The molecular formula is C10H8BrN5O3. The van der Waals surface area contributed by atoms with Crippen LogP contribution in [0.4, 0.5) is 5.69 Å². The van der Waals surface area contributed by atoms with Crippen molar-refractivity contribution < 1.29 is 14.7 Å². The quantitative estimate of drug-likeness (QED) is 0.859. The molecule has 0 spiro atoms. The van der Waals surface area contributed by atoms with Crippen LogP contribution in [0.1, 0.15) is 10.4 Å². The van der Waals surface area contributed by atoms with E-state index in [0.717, 1.165) is 0 Å². The van der Waals surface area contributed by atoms with Gasteiger partial charge in [0, 0.05) is 10.2 Å². The highest BCUT2D eigenvalue weighted by atomic mass is 79.9. The lowest BCUT2D eigenvalue weighted by Crippen LogP contribution is -2.19. The van der Waals surface area contributed by atoms with Crippen molar-refractivity contribution in [3.05, 3.63) is 34.6 Å². The predicted molar refractivity (Wildman–Crippen MR) is 67.5 cm³/mol. The number of carboxylic acids is 1. The van der Waals surface area contributed by atoms with E-state index in [-0.39, 0.29) is 18.0 Å². The first-order chi connectivity index (χ1) is 9.04. The summed E-state index contributed by atoms with van der Waals surface area (Å²) >= 11 is 3.18. The minimum Gasteiger partial charge on any atom is -0.478 e. The van der Waals surface area contributed by atoms with E-state index < -0.39 is 5.97 Å². The first-order valence-corrected chi connectivity index (χ1v) is 5.88. The number of anilines is 1. The highest BCUT2D eigenvalue weighted by Crippen LogP contribution is 2.19. The summed E-state index contributed by atoms with van der Waals surface area (Å²) < 4.78 is 1.82. The molecular weight excluding hydrogens is 318 g/mol. The van der Waals surface area contributed by atoms with Gasteiger partial charge in [0.15, 0.2) is 0 Å². The first-order valence-electron chi connectivity index (χ1n) is 5.09. The Morgan fingerprint density at radius 2 is 2.16 bits per heavy atom. The third kappa shape index (κ3) is 3.58. The van der Waals surface area contributed by atoms with Crippen molar-refractivity contribution in [2.24, 2.45) is 0 Å². The molecule has 0 unspecified atom stereocenters. The summed E-state index contributed by atoms with van der Waals surface area (Å²) in [6.07, 6.45) is 1.31. The Balaban J connectivity index is 2.10. The largest absolute Gasteiger partial charge is 0.478 e.